The summed E-state index contributed by atoms with van der Waals surface area (Å²) in [4.78, 5) is 9.36. The van der Waals surface area contributed by atoms with Crippen molar-refractivity contribution in [3.8, 4) is 12.1 Å². The van der Waals surface area contributed by atoms with Crippen LogP contribution in [-0.2, 0) is 4.79 Å². The van der Waals surface area contributed by atoms with E-state index in [9.17, 15) is 4.79 Å². The molecule has 0 rings (SSSR count). The predicted molar refractivity (Wildman–Crippen MR) is 31.7 cm³/mol. The lowest BCUT2D eigenvalue weighted by atomic mass is 10.4. The highest BCUT2D eigenvalue weighted by molar-refractivity contribution is 5.65. The van der Waals surface area contributed by atoms with Gasteiger partial charge in [-0.1, -0.05) is 0 Å². The van der Waals surface area contributed by atoms with Gasteiger partial charge in [-0.05, 0) is 0 Å². The molecule has 0 fully saturated rings. The SMILES string of the molecule is C=C.N#CC(=C=O)C#N. The van der Waals surface area contributed by atoms with Crippen LogP contribution < -0.4 is 0 Å². The molecule has 0 spiro atoms. The first-order valence-corrected chi connectivity index (χ1v) is 1.90. The average Bonchev–Trinajstić information content (AvgIpc) is 1.96. The van der Waals surface area contributed by atoms with Crippen molar-refractivity contribution in [3.05, 3.63) is 18.7 Å². The Balaban J connectivity index is 0. The molecule has 3 nitrogen and oxygen atoms in total. The van der Waals surface area contributed by atoms with Crippen molar-refractivity contribution in [2.75, 3.05) is 0 Å². The van der Waals surface area contributed by atoms with Crippen LogP contribution in [0.25, 0.3) is 0 Å². The summed E-state index contributed by atoms with van der Waals surface area (Å²) in [5, 5.41) is 15.5. The van der Waals surface area contributed by atoms with E-state index < -0.39 is 5.57 Å². The summed E-state index contributed by atoms with van der Waals surface area (Å²) < 4.78 is 0. The first kappa shape index (κ1) is 10.2. The molecule has 0 aromatic heterocycles. The Bertz CT molecular complexity index is 184. The molecule has 0 N–H and O–H groups in total. The van der Waals surface area contributed by atoms with Gasteiger partial charge in [0.25, 0.3) is 0 Å². The predicted octanol–water partition coefficient (Wildman–Crippen LogP) is 0.594. The highest BCUT2D eigenvalue weighted by atomic mass is 16.1. The molecule has 3 heteroatoms. The first-order valence-electron chi connectivity index (χ1n) is 1.90. The summed E-state index contributed by atoms with van der Waals surface area (Å²) in [6.07, 6.45) is 0. The Labute approximate surface area is 53.1 Å². The molecule has 0 saturated carbocycles. The molecule has 0 aliphatic rings. The van der Waals surface area contributed by atoms with E-state index in [1.165, 1.54) is 12.1 Å². The van der Waals surface area contributed by atoms with Gasteiger partial charge in [0.1, 0.15) is 12.1 Å². The summed E-state index contributed by atoms with van der Waals surface area (Å²) in [6, 6.07) is 2.67. The fourth-order valence-electron chi connectivity index (χ4n) is 0.0706. The number of nitriles is 2. The van der Waals surface area contributed by atoms with Crippen molar-refractivity contribution in [1.29, 1.82) is 10.5 Å². The highest BCUT2D eigenvalue weighted by Gasteiger charge is 1.85. The maximum Gasteiger partial charge on any atom is 0.212 e. The molecule has 0 heterocycles. The second-order valence-electron chi connectivity index (χ2n) is 0.701. The van der Waals surface area contributed by atoms with Crippen LogP contribution in [0.5, 0.6) is 0 Å². The van der Waals surface area contributed by atoms with Crippen LogP contribution in [0.2, 0.25) is 0 Å². The molecule has 0 amide bonds. The van der Waals surface area contributed by atoms with Crippen molar-refractivity contribution in [3.63, 3.8) is 0 Å². The Morgan fingerprint density at radius 3 is 1.56 bits per heavy atom. The van der Waals surface area contributed by atoms with Crippen molar-refractivity contribution < 1.29 is 4.79 Å². The van der Waals surface area contributed by atoms with E-state index in [2.05, 4.69) is 13.2 Å². The molecule has 0 aromatic carbocycles. The zero-order valence-corrected chi connectivity index (χ0v) is 4.72. The first-order chi connectivity index (χ1) is 4.35. The molecule has 0 bridgehead atoms. The molecule has 0 radical (unpaired) electrons. The number of nitrogens with zero attached hydrogens (tertiary/aromatic N) is 2. The van der Waals surface area contributed by atoms with Gasteiger partial charge >= 0.3 is 0 Å². The topological polar surface area (TPSA) is 64.7 Å². The maximum atomic E-state index is 9.36. The van der Waals surface area contributed by atoms with Gasteiger partial charge < -0.3 is 0 Å². The monoisotopic (exact) mass is 120 g/mol. The third-order valence-corrected chi connectivity index (χ3v) is 0.326. The van der Waals surface area contributed by atoms with Gasteiger partial charge in [-0.2, -0.15) is 10.5 Å². The number of carbonyl (C=O) groups excluding carboxylic acids is 1. The van der Waals surface area contributed by atoms with Gasteiger partial charge in [-0.3, -0.25) is 0 Å². The summed E-state index contributed by atoms with van der Waals surface area (Å²) in [5.74, 6) is 1.15. The lowest BCUT2D eigenvalue weighted by molar-refractivity contribution is 0.568. The van der Waals surface area contributed by atoms with Gasteiger partial charge in [0.2, 0.25) is 5.57 Å². The Morgan fingerprint density at radius 2 is 1.56 bits per heavy atom. The number of allylic oxidation sites excluding steroid dienone is 1. The minimum absolute atomic E-state index is 0.514. The third kappa shape index (κ3) is 6.17. The van der Waals surface area contributed by atoms with Crippen LogP contribution in [0.3, 0.4) is 0 Å². The smallest absolute Gasteiger partial charge is 0.212 e. The molecule has 44 valence electrons. The fourth-order valence-corrected chi connectivity index (χ4v) is 0.0706. The third-order valence-electron chi connectivity index (χ3n) is 0.326. The maximum absolute atomic E-state index is 9.36. The van der Waals surface area contributed by atoms with E-state index >= 15 is 0 Å². The van der Waals surface area contributed by atoms with E-state index in [4.69, 9.17) is 10.5 Å². The van der Waals surface area contributed by atoms with E-state index in [1.807, 2.05) is 0 Å². The molecular formula is C6H4N2O. The molecule has 0 saturated heterocycles. The fraction of sp³-hybridized carbons (Fsp3) is 0. The molecule has 0 atom stereocenters. The highest BCUT2D eigenvalue weighted by Crippen LogP contribution is 1.74. The summed E-state index contributed by atoms with van der Waals surface area (Å²) >= 11 is 0. The van der Waals surface area contributed by atoms with Gasteiger partial charge in [0.05, 0.1) is 0 Å². The van der Waals surface area contributed by atoms with Gasteiger partial charge in [0, 0.05) is 0 Å². The van der Waals surface area contributed by atoms with E-state index in [0.717, 1.165) is 5.94 Å². The van der Waals surface area contributed by atoms with E-state index in [1.54, 1.807) is 0 Å². The van der Waals surface area contributed by atoms with E-state index in [-0.39, 0.29) is 0 Å². The van der Waals surface area contributed by atoms with Crippen LogP contribution in [0.4, 0.5) is 0 Å². The zero-order chi connectivity index (χ0) is 7.70. The van der Waals surface area contributed by atoms with E-state index in [0.29, 0.717) is 0 Å². The summed E-state index contributed by atoms with van der Waals surface area (Å²) in [5.41, 5.74) is -0.514. The van der Waals surface area contributed by atoms with Crippen LogP contribution in [0.15, 0.2) is 18.7 Å². The van der Waals surface area contributed by atoms with Crippen LogP contribution in [0.1, 0.15) is 0 Å². The van der Waals surface area contributed by atoms with Crippen LogP contribution in [0, 0.1) is 22.7 Å². The Morgan fingerprint density at radius 1 is 1.22 bits per heavy atom. The Hall–Kier alpha value is -1.83. The van der Waals surface area contributed by atoms with Crippen LogP contribution in [-0.4, -0.2) is 5.94 Å². The molecule has 0 aromatic rings. The van der Waals surface area contributed by atoms with Gasteiger partial charge in [0.15, 0.2) is 5.94 Å². The lowest BCUT2D eigenvalue weighted by Gasteiger charge is -1.56. The summed E-state index contributed by atoms with van der Waals surface area (Å²) in [6.45, 7) is 6.00. The standard InChI is InChI=1S/C4N2O.C2H4/c5-1-4(2-6)3-7;1-2/h;1-2H2. The van der Waals surface area contributed by atoms with Gasteiger partial charge in [-0.15, -0.1) is 13.2 Å². The second kappa shape index (κ2) is 9.48. The average molecular weight is 120 g/mol. The molecule has 0 aliphatic carbocycles. The second-order valence-corrected chi connectivity index (χ2v) is 0.701. The number of hydrogen-bond donors (Lipinski definition) is 0. The molecule has 0 unspecified atom stereocenters. The zero-order valence-electron chi connectivity index (χ0n) is 4.72. The molecule has 9 heavy (non-hydrogen) atoms. The van der Waals surface area contributed by atoms with Crippen molar-refractivity contribution in [2.24, 2.45) is 0 Å². The van der Waals surface area contributed by atoms with Crippen molar-refractivity contribution in [1.82, 2.24) is 0 Å². The minimum Gasteiger partial charge on any atom is -0.231 e. The number of rotatable bonds is 0. The largest absolute Gasteiger partial charge is 0.231 e. The quantitative estimate of drug-likeness (QED) is 0.267. The van der Waals surface area contributed by atoms with Crippen molar-refractivity contribution >= 4 is 5.94 Å². The molecule has 0 aliphatic heterocycles. The minimum atomic E-state index is -0.514. The normalized spacial score (nSPS) is 4.22. The van der Waals surface area contributed by atoms with Gasteiger partial charge in [-0.25, -0.2) is 4.79 Å². The number of hydrogen-bond acceptors (Lipinski definition) is 3. The molecular weight excluding hydrogens is 116 g/mol. The lowest BCUT2D eigenvalue weighted by Crippen LogP contribution is -1.67. The Kier molecular flexibility index (Phi) is 10.8. The van der Waals surface area contributed by atoms with Crippen LogP contribution >= 0.6 is 0 Å². The van der Waals surface area contributed by atoms with Crippen molar-refractivity contribution in [2.45, 2.75) is 0 Å². The summed E-state index contributed by atoms with van der Waals surface area (Å²) in [7, 11) is 0.